The lowest BCUT2D eigenvalue weighted by Crippen LogP contribution is -2.32. The maximum atomic E-state index is 11.8. The molecule has 0 aliphatic carbocycles. The summed E-state index contributed by atoms with van der Waals surface area (Å²) in [5.41, 5.74) is -0.625. The molecule has 0 bridgehead atoms. The maximum absolute atomic E-state index is 11.8. The van der Waals surface area contributed by atoms with Gasteiger partial charge in [-0.05, 0) is 31.1 Å². The van der Waals surface area contributed by atoms with Crippen LogP contribution in [-0.4, -0.2) is 9.55 Å². The summed E-state index contributed by atoms with van der Waals surface area (Å²) in [4.78, 5) is 25.2. The Balaban J connectivity index is 2.93. The van der Waals surface area contributed by atoms with E-state index in [4.69, 9.17) is 0 Å². The summed E-state index contributed by atoms with van der Waals surface area (Å²) in [6, 6.07) is 1.60. The minimum absolute atomic E-state index is 0.178. The van der Waals surface area contributed by atoms with Crippen molar-refractivity contribution in [3.8, 4) is 0 Å². The third-order valence-corrected chi connectivity index (χ3v) is 3.07. The topological polar surface area (TPSA) is 54.9 Å². The van der Waals surface area contributed by atoms with Crippen LogP contribution in [0.4, 0.5) is 0 Å². The molecule has 0 aromatic carbocycles. The minimum atomic E-state index is -0.330. The highest BCUT2D eigenvalue weighted by molar-refractivity contribution is 4.86. The Hall–Kier alpha value is -1.32. The van der Waals surface area contributed by atoms with Crippen molar-refractivity contribution < 1.29 is 0 Å². The average Bonchev–Trinajstić information content (AvgIpc) is 2.24. The molecule has 0 spiro atoms. The molecule has 0 saturated carbocycles. The van der Waals surface area contributed by atoms with Crippen LogP contribution in [0.1, 0.15) is 53.0 Å². The van der Waals surface area contributed by atoms with Gasteiger partial charge in [-0.3, -0.25) is 14.3 Å². The van der Waals surface area contributed by atoms with E-state index in [9.17, 15) is 9.59 Å². The van der Waals surface area contributed by atoms with Crippen LogP contribution in [-0.2, 0) is 0 Å². The van der Waals surface area contributed by atoms with E-state index < -0.39 is 0 Å². The number of hydrogen-bond acceptors (Lipinski definition) is 2. The van der Waals surface area contributed by atoms with E-state index in [0.717, 1.165) is 19.3 Å². The molecule has 1 N–H and O–H groups in total. The Kier molecular flexibility index (Phi) is 5.38. The number of H-pyrrole nitrogens is 1. The van der Waals surface area contributed by atoms with Crippen LogP contribution in [0.5, 0.6) is 0 Å². The first-order valence-electron chi connectivity index (χ1n) is 6.71. The highest BCUT2D eigenvalue weighted by atomic mass is 16.2. The molecule has 1 heterocycles. The first kappa shape index (κ1) is 14.7. The molecule has 0 saturated heterocycles. The van der Waals surface area contributed by atoms with Gasteiger partial charge in [-0.15, -0.1) is 0 Å². The fourth-order valence-corrected chi connectivity index (χ4v) is 2.16. The normalized spacial score (nSPS) is 13.2. The molecule has 0 aliphatic heterocycles. The second-order valence-corrected chi connectivity index (χ2v) is 5.77. The van der Waals surface area contributed by atoms with E-state index >= 15 is 0 Å². The van der Waals surface area contributed by atoms with Crippen LogP contribution in [0.2, 0.25) is 0 Å². The van der Waals surface area contributed by atoms with Gasteiger partial charge in [-0.2, -0.15) is 0 Å². The molecule has 4 heteroatoms. The molecule has 18 heavy (non-hydrogen) atoms. The molecule has 102 valence electrons. The Labute approximate surface area is 108 Å². The second-order valence-electron chi connectivity index (χ2n) is 5.77. The summed E-state index contributed by atoms with van der Waals surface area (Å²) < 4.78 is 1.67. The van der Waals surface area contributed by atoms with Crippen molar-refractivity contribution in [3.63, 3.8) is 0 Å². The van der Waals surface area contributed by atoms with Crippen molar-refractivity contribution in [1.29, 1.82) is 0 Å². The van der Waals surface area contributed by atoms with Crippen molar-refractivity contribution >= 4 is 0 Å². The van der Waals surface area contributed by atoms with Gasteiger partial charge in [0, 0.05) is 18.3 Å². The molecule has 0 radical (unpaired) electrons. The monoisotopic (exact) mass is 252 g/mol. The molecule has 1 unspecified atom stereocenters. The van der Waals surface area contributed by atoms with Gasteiger partial charge in [-0.25, -0.2) is 4.79 Å². The van der Waals surface area contributed by atoms with Crippen LogP contribution in [0, 0.1) is 11.8 Å². The third kappa shape index (κ3) is 4.51. The largest absolute Gasteiger partial charge is 0.328 e. The minimum Gasteiger partial charge on any atom is -0.298 e. The fraction of sp³-hybridized carbons (Fsp3) is 0.714. The fourth-order valence-electron chi connectivity index (χ4n) is 2.16. The molecule has 0 amide bonds. The summed E-state index contributed by atoms with van der Waals surface area (Å²) in [6.45, 7) is 8.67. The van der Waals surface area contributed by atoms with Gasteiger partial charge in [0.1, 0.15) is 0 Å². The van der Waals surface area contributed by atoms with E-state index in [1.54, 1.807) is 10.8 Å². The molecule has 0 aliphatic rings. The quantitative estimate of drug-likeness (QED) is 0.846. The molecule has 1 atom stereocenters. The van der Waals surface area contributed by atoms with Crippen LogP contribution < -0.4 is 11.2 Å². The Morgan fingerprint density at radius 3 is 2.28 bits per heavy atom. The molecule has 0 fully saturated rings. The predicted octanol–water partition coefficient (Wildman–Crippen LogP) is 2.56. The van der Waals surface area contributed by atoms with Gasteiger partial charge in [-0.1, -0.05) is 27.7 Å². The van der Waals surface area contributed by atoms with Crippen molar-refractivity contribution in [3.05, 3.63) is 33.1 Å². The summed E-state index contributed by atoms with van der Waals surface area (Å²) in [5.74, 6) is 1.15. The zero-order valence-corrected chi connectivity index (χ0v) is 11.8. The zero-order valence-electron chi connectivity index (χ0n) is 11.8. The van der Waals surface area contributed by atoms with Gasteiger partial charge < -0.3 is 0 Å². The predicted molar refractivity (Wildman–Crippen MR) is 73.9 cm³/mol. The number of nitrogens with zero attached hydrogens (tertiary/aromatic N) is 1. The van der Waals surface area contributed by atoms with Crippen molar-refractivity contribution in [2.45, 2.75) is 53.0 Å². The van der Waals surface area contributed by atoms with E-state index in [0.29, 0.717) is 11.8 Å². The molecule has 1 aromatic heterocycles. The molecular weight excluding hydrogens is 228 g/mol. The van der Waals surface area contributed by atoms with Crippen molar-refractivity contribution in [2.75, 3.05) is 0 Å². The lowest BCUT2D eigenvalue weighted by molar-refractivity contribution is 0.341. The molecule has 1 rings (SSSR count). The molecular formula is C14H24N2O2. The van der Waals surface area contributed by atoms with E-state index in [-0.39, 0.29) is 17.3 Å². The van der Waals surface area contributed by atoms with Crippen LogP contribution in [0.15, 0.2) is 21.9 Å². The SMILES string of the molecule is CC(C)CCC(CC(C)C)n1ccc(=O)[nH]c1=O. The van der Waals surface area contributed by atoms with E-state index in [2.05, 4.69) is 32.7 Å². The standard InChI is InChI=1S/C14H24N2O2/c1-10(2)5-6-12(9-11(3)4)16-8-7-13(17)15-14(16)18/h7-8,10-12H,5-6,9H2,1-4H3,(H,15,17,18). The van der Waals surface area contributed by atoms with Crippen LogP contribution in [0.3, 0.4) is 0 Å². The maximum Gasteiger partial charge on any atom is 0.328 e. The van der Waals surface area contributed by atoms with Gasteiger partial charge >= 0.3 is 5.69 Å². The first-order valence-corrected chi connectivity index (χ1v) is 6.71. The number of aromatic amines is 1. The number of aromatic nitrogens is 2. The van der Waals surface area contributed by atoms with Crippen LogP contribution in [0.25, 0.3) is 0 Å². The Morgan fingerprint density at radius 1 is 1.11 bits per heavy atom. The number of hydrogen-bond donors (Lipinski definition) is 1. The molecule has 4 nitrogen and oxygen atoms in total. The number of rotatable bonds is 6. The third-order valence-electron chi connectivity index (χ3n) is 3.07. The summed E-state index contributed by atoms with van der Waals surface area (Å²) in [5, 5.41) is 0. The lowest BCUT2D eigenvalue weighted by atomic mass is 9.96. The average molecular weight is 252 g/mol. The smallest absolute Gasteiger partial charge is 0.298 e. The number of nitrogens with one attached hydrogen (secondary N) is 1. The molecule has 1 aromatic rings. The van der Waals surface area contributed by atoms with E-state index in [1.807, 2.05) is 0 Å². The van der Waals surface area contributed by atoms with Gasteiger partial charge in [0.05, 0.1) is 0 Å². The van der Waals surface area contributed by atoms with Crippen molar-refractivity contribution in [2.24, 2.45) is 11.8 Å². The Morgan fingerprint density at radius 2 is 1.78 bits per heavy atom. The van der Waals surface area contributed by atoms with Crippen LogP contribution >= 0.6 is 0 Å². The summed E-state index contributed by atoms with van der Waals surface area (Å²) >= 11 is 0. The van der Waals surface area contributed by atoms with Crippen molar-refractivity contribution in [1.82, 2.24) is 9.55 Å². The summed E-state index contributed by atoms with van der Waals surface area (Å²) in [7, 11) is 0. The zero-order chi connectivity index (χ0) is 13.7. The first-order chi connectivity index (χ1) is 8.40. The van der Waals surface area contributed by atoms with Gasteiger partial charge in [0.2, 0.25) is 0 Å². The van der Waals surface area contributed by atoms with E-state index in [1.165, 1.54) is 6.07 Å². The van der Waals surface area contributed by atoms with Gasteiger partial charge in [0.15, 0.2) is 0 Å². The second kappa shape index (κ2) is 6.57. The lowest BCUT2D eigenvalue weighted by Gasteiger charge is -2.22. The highest BCUT2D eigenvalue weighted by Crippen LogP contribution is 2.23. The van der Waals surface area contributed by atoms with Gasteiger partial charge in [0.25, 0.3) is 5.56 Å². The summed E-state index contributed by atoms with van der Waals surface area (Å²) in [6.07, 6.45) is 4.64. The Bertz CT molecular complexity index is 471. The highest BCUT2D eigenvalue weighted by Gasteiger charge is 2.15.